The monoisotopic (exact) mass is 299 g/mol. The molecule has 1 atom stereocenters. The number of benzene rings is 1. The molecule has 20 heavy (non-hydrogen) atoms. The van der Waals surface area contributed by atoms with Crippen molar-refractivity contribution in [2.24, 2.45) is 0 Å². The van der Waals surface area contributed by atoms with Gasteiger partial charge >= 0.3 is 0 Å². The lowest BCUT2D eigenvalue weighted by molar-refractivity contribution is -0.120. The molecule has 110 valence electrons. The largest absolute Gasteiger partial charge is 0.378 e. The Hall–Kier alpha value is -1.48. The van der Waals surface area contributed by atoms with Crippen LogP contribution in [0.1, 0.15) is 0 Å². The van der Waals surface area contributed by atoms with Gasteiger partial charge in [-0.05, 0) is 25.2 Å². The van der Waals surface area contributed by atoms with Gasteiger partial charge in [0.2, 0.25) is 15.9 Å². The number of carbonyl (C=O) groups excluding carboxylic acids is 1. The van der Waals surface area contributed by atoms with E-state index in [9.17, 15) is 13.2 Å². The Kier molecular flexibility index (Phi) is 4.71. The zero-order valence-corrected chi connectivity index (χ0v) is 11.9. The van der Waals surface area contributed by atoms with Gasteiger partial charge in [0, 0.05) is 12.2 Å². The van der Waals surface area contributed by atoms with Gasteiger partial charge in [0.15, 0.2) is 0 Å². The number of ether oxygens (including phenoxy) is 1. The van der Waals surface area contributed by atoms with Gasteiger partial charge in [0.05, 0.1) is 18.1 Å². The van der Waals surface area contributed by atoms with Gasteiger partial charge in [-0.2, -0.15) is 0 Å². The number of carbonyl (C=O) groups is 1. The molecule has 0 aliphatic carbocycles. The van der Waals surface area contributed by atoms with Crippen molar-refractivity contribution in [3.8, 4) is 0 Å². The number of anilines is 1. The fourth-order valence-electron chi connectivity index (χ4n) is 1.82. The molecule has 1 saturated heterocycles. The number of amides is 1. The maximum Gasteiger partial charge on any atom is 0.243 e. The Bertz CT molecular complexity index is 582. The summed E-state index contributed by atoms with van der Waals surface area (Å²) in [5, 5.41) is 5.70. The van der Waals surface area contributed by atoms with Crippen LogP contribution >= 0.6 is 0 Å². The fraction of sp³-hybridized carbons (Fsp3) is 0.417. The van der Waals surface area contributed by atoms with Crippen LogP contribution in [-0.4, -0.2) is 47.2 Å². The minimum absolute atomic E-state index is 0.102. The Morgan fingerprint density at radius 2 is 2.25 bits per heavy atom. The van der Waals surface area contributed by atoms with Crippen LogP contribution < -0.4 is 15.4 Å². The second-order valence-corrected chi connectivity index (χ2v) is 6.19. The van der Waals surface area contributed by atoms with Crippen LogP contribution in [0, 0.1) is 0 Å². The number of nitrogens with one attached hydrogen (secondary N) is 3. The van der Waals surface area contributed by atoms with Crippen molar-refractivity contribution < 1.29 is 17.9 Å². The van der Waals surface area contributed by atoms with E-state index in [1.807, 2.05) is 0 Å². The third-order valence-corrected chi connectivity index (χ3v) is 4.33. The summed E-state index contributed by atoms with van der Waals surface area (Å²) in [6.07, 6.45) is 0. The van der Waals surface area contributed by atoms with E-state index in [0.29, 0.717) is 25.4 Å². The second-order valence-electron chi connectivity index (χ2n) is 4.31. The van der Waals surface area contributed by atoms with Crippen molar-refractivity contribution >= 4 is 21.6 Å². The first-order valence-corrected chi connectivity index (χ1v) is 7.67. The highest BCUT2D eigenvalue weighted by Crippen LogP contribution is 2.15. The Morgan fingerprint density at radius 3 is 2.90 bits per heavy atom. The number of sulfonamides is 1. The molecule has 1 aliphatic rings. The van der Waals surface area contributed by atoms with Crippen LogP contribution in [0.25, 0.3) is 0 Å². The summed E-state index contributed by atoms with van der Waals surface area (Å²) in [5.41, 5.74) is 0.429. The van der Waals surface area contributed by atoms with E-state index >= 15 is 0 Å². The summed E-state index contributed by atoms with van der Waals surface area (Å²) in [6.45, 7) is 1.51. The molecule has 8 heteroatoms. The van der Waals surface area contributed by atoms with E-state index in [-0.39, 0.29) is 10.8 Å². The summed E-state index contributed by atoms with van der Waals surface area (Å²) in [6, 6.07) is 5.66. The summed E-state index contributed by atoms with van der Waals surface area (Å²) < 4.78 is 30.8. The number of rotatable bonds is 4. The maximum atomic E-state index is 12.0. The Labute approximate surface area is 117 Å². The molecule has 1 heterocycles. The first-order chi connectivity index (χ1) is 9.53. The molecule has 2 rings (SSSR count). The van der Waals surface area contributed by atoms with E-state index in [4.69, 9.17) is 4.74 Å². The minimum Gasteiger partial charge on any atom is -0.378 e. The van der Waals surface area contributed by atoms with Crippen LogP contribution in [0.2, 0.25) is 0 Å². The predicted molar refractivity (Wildman–Crippen MR) is 73.9 cm³/mol. The molecule has 1 unspecified atom stereocenters. The van der Waals surface area contributed by atoms with Crippen molar-refractivity contribution in [2.75, 3.05) is 32.1 Å². The second kappa shape index (κ2) is 6.31. The maximum absolute atomic E-state index is 12.0. The lowest BCUT2D eigenvalue weighted by Crippen LogP contribution is -2.48. The van der Waals surface area contributed by atoms with Crippen LogP contribution in [0.3, 0.4) is 0 Å². The summed E-state index contributed by atoms with van der Waals surface area (Å²) in [4.78, 5) is 12.1. The SMILES string of the molecule is CNS(=O)(=O)c1cccc(NC(=O)C2COCCN2)c1. The molecule has 0 aromatic heterocycles. The van der Waals surface area contributed by atoms with Gasteiger partial charge < -0.3 is 15.4 Å². The van der Waals surface area contributed by atoms with Crippen LogP contribution in [0.15, 0.2) is 29.2 Å². The molecule has 1 aromatic carbocycles. The quantitative estimate of drug-likeness (QED) is 0.698. The predicted octanol–water partition coefficient (Wildman–Crippen LogP) is -0.478. The average molecular weight is 299 g/mol. The highest BCUT2D eigenvalue weighted by atomic mass is 32.2. The highest BCUT2D eigenvalue weighted by molar-refractivity contribution is 7.89. The standard InChI is InChI=1S/C12H17N3O4S/c1-13-20(17,18)10-4-2-3-9(7-10)15-12(16)11-8-19-6-5-14-11/h2-4,7,11,13-14H,5-6,8H2,1H3,(H,15,16). The van der Waals surface area contributed by atoms with Gasteiger partial charge in [-0.25, -0.2) is 13.1 Å². The Morgan fingerprint density at radius 1 is 1.45 bits per heavy atom. The first-order valence-electron chi connectivity index (χ1n) is 6.18. The normalized spacial score (nSPS) is 19.6. The van der Waals surface area contributed by atoms with Crippen molar-refractivity contribution in [1.82, 2.24) is 10.0 Å². The molecule has 1 amide bonds. The van der Waals surface area contributed by atoms with E-state index in [0.717, 1.165) is 0 Å². The van der Waals surface area contributed by atoms with Crippen molar-refractivity contribution in [2.45, 2.75) is 10.9 Å². The topological polar surface area (TPSA) is 96.5 Å². The van der Waals surface area contributed by atoms with Crippen LogP contribution in [0.5, 0.6) is 0 Å². The molecular formula is C12H17N3O4S. The Balaban J connectivity index is 2.10. The summed E-state index contributed by atoms with van der Waals surface area (Å²) >= 11 is 0. The molecule has 1 fully saturated rings. The molecular weight excluding hydrogens is 282 g/mol. The summed E-state index contributed by atoms with van der Waals surface area (Å²) in [7, 11) is -2.19. The smallest absolute Gasteiger partial charge is 0.243 e. The highest BCUT2D eigenvalue weighted by Gasteiger charge is 2.21. The fourth-order valence-corrected chi connectivity index (χ4v) is 2.60. The van der Waals surface area contributed by atoms with Crippen LogP contribution in [-0.2, 0) is 19.6 Å². The van der Waals surface area contributed by atoms with Gasteiger partial charge in [-0.3, -0.25) is 4.79 Å². The van der Waals surface area contributed by atoms with Crippen molar-refractivity contribution in [3.05, 3.63) is 24.3 Å². The van der Waals surface area contributed by atoms with Gasteiger partial charge in [-0.1, -0.05) is 6.07 Å². The molecule has 0 radical (unpaired) electrons. The molecule has 0 bridgehead atoms. The molecule has 7 nitrogen and oxygen atoms in total. The number of hydrogen-bond acceptors (Lipinski definition) is 5. The van der Waals surface area contributed by atoms with Gasteiger partial charge in [-0.15, -0.1) is 0 Å². The molecule has 1 aromatic rings. The lowest BCUT2D eigenvalue weighted by Gasteiger charge is -2.22. The third-order valence-electron chi connectivity index (χ3n) is 2.92. The van der Waals surface area contributed by atoms with Crippen molar-refractivity contribution in [1.29, 1.82) is 0 Å². The number of morpholine rings is 1. The first kappa shape index (κ1) is 14.9. The molecule has 1 aliphatic heterocycles. The van der Waals surface area contributed by atoms with Crippen molar-refractivity contribution in [3.63, 3.8) is 0 Å². The van der Waals surface area contributed by atoms with E-state index < -0.39 is 16.1 Å². The molecule has 0 spiro atoms. The zero-order chi connectivity index (χ0) is 14.6. The molecule has 3 N–H and O–H groups in total. The van der Waals surface area contributed by atoms with E-state index in [1.165, 1.54) is 19.2 Å². The lowest BCUT2D eigenvalue weighted by atomic mass is 10.2. The van der Waals surface area contributed by atoms with Gasteiger partial charge in [0.25, 0.3) is 0 Å². The average Bonchev–Trinajstić information content (AvgIpc) is 2.48. The van der Waals surface area contributed by atoms with E-state index in [1.54, 1.807) is 12.1 Å². The zero-order valence-electron chi connectivity index (χ0n) is 11.0. The van der Waals surface area contributed by atoms with E-state index in [2.05, 4.69) is 15.4 Å². The summed E-state index contributed by atoms with van der Waals surface area (Å²) in [5.74, 6) is -0.247. The number of hydrogen-bond donors (Lipinski definition) is 3. The van der Waals surface area contributed by atoms with Crippen LogP contribution in [0.4, 0.5) is 5.69 Å². The van der Waals surface area contributed by atoms with Gasteiger partial charge in [0.1, 0.15) is 6.04 Å². The third kappa shape index (κ3) is 3.54. The minimum atomic E-state index is -3.52. The molecule has 0 saturated carbocycles.